The minimum absolute atomic E-state index is 0.0482. The summed E-state index contributed by atoms with van der Waals surface area (Å²) in [6.45, 7) is 3.60. The van der Waals surface area contributed by atoms with Crippen LogP contribution in [0.25, 0.3) is 0 Å². The number of carbonyl (C=O) groups excluding carboxylic acids is 2. The number of ether oxygens (including phenoxy) is 2. The highest BCUT2D eigenvalue weighted by molar-refractivity contribution is 7.47. The van der Waals surface area contributed by atoms with Crippen molar-refractivity contribution in [2.75, 3.05) is 26.4 Å². The number of nitrogens with two attached hydrogens (primary N) is 1. The Morgan fingerprint density at radius 1 is 0.403 bits per heavy atom. The fraction of sp³-hybridized carbons (Fsp3) is 0.701. The number of hydrogen-bond donors (Lipinski definition) is 2. The normalized spacial score (nSPS) is 13.8. The molecule has 0 aromatic rings. The molecule has 0 aromatic carbocycles. The van der Waals surface area contributed by atoms with Crippen LogP contribution in [0.15, 0.2) is 109 Å². The second kappa shape index (κ2) is 61.9. The van der Waals surface area contributed by atoms with Gasteiger partial charge in [-0.3, -0.25) is 18.6 Å². The number of carbonyl (C=O) groups is 2. The van der Waals surface area contributed by atoms with Crippen molar-refractivity contribution in [1.82, 2.24) is 0 Å². The Morgan fingerprint density at radius 3 is 1.06 bits per heavy atom. The van der Waals surface area contributed by atoms with E-state index in [0.717, 1.165) is 96.3 Å². The van der Waals surface area contributed by atoms with Crippen molar-refractivity contribution < 1.29 is 37.6 Å². The van der Waals surface area contributed by atoms with Crippen molar-refractivity contribution in [2.24, 2.45) is 5.73 Å². The first-order chi connectivity index (χ1) is 37.8. The van der Waals surface area contributed by atoms with E-state index in [1.807, 2.05) is 0 Å². The molecule has 0 amide bonds. The Balaban J connectivity index is 3.90. The second-order valence-corrected chi connectivity index (χ2v) is 22.0. The third-order valence-corrected chi connectivity index (χ3v) is 14.1. The molecule has 442 valence electrons. The predicted molar refractivity (Wildman–Crippen MR) is 330 cm³/mol. The van der Waals surface area contributed by atoms with E-state index in [-0.39, 0.29) is 32.6 Å². The van der Waals surface area contributed by atoms with Gasteiger partial charge in [-0.05, 0) is 103 Å². The molecule has 0 aliphatic heterocycles. The zero-order valence-corrected chi connectivity index (χ0v) is 50.3. The zero-order valence-electron chi connectivity index (χ0n) is 49.4. The maximum Gasteiger partial charge on any atom is 0.472 e. The van der Waals surface area contributed by atoms with Gasteiger partial charge in [-0.1, -0.05) is 264 Å². The molecule has 0 bridgehead atoms. The van der Waals surface area contributed by atoms with Gasteiger partial charge in [0.05, 0.1) is 13.2 Å². The van der Waals surface area contributed by atoms with Crippen LogP contribution in [0.4, 0.5) is 0 Å². The molecule has 0 heterocycles. The molecule has 0 radical (unpaired) electrons. The standard InChI is InChI=1S/C67H116NO8P/c1-3-5-7-9-11-13-15-17-19-21-23-24-25-26-27-28-29-30-31-32-33-34-35-36-37-38-39-40-42-44-46-48-50-52-54-56-58-60-67(70)76-65(64-75-77(71,72)74-62-61-68)63-73-66(69)59-57-55-53-51-49-47-45-43-41-22-20-18-16-14-12-10-8-6-4-2/h5,7,11-14,17-20,23-24,26-27,29-30,41,43,65H,3-4,6,8-10,15-16,21-22,25,28,31-40,42,44-64,68H2,1-2H3,(H,71,72)/b7-5-,13-11-,14-12-,19-17-,20-18-,24-23-,27-26-,30-29-,43-41-. The van der Waals surface area contributed by atoms with Gasteiger partial charge >= 0.3 is 19.8 Å². The molecule has 9 nitrogen and oxygen atoms in total. The highest BCUT2D eigenvalue weighted by Crippen LogP contribution is 2.43. The molecule has 0 aromatic heterocycles. The lowest BCUT2D eigenvalue weighted by Gasteiger charge is -2.19. The van der Waals surface area contributed by atoms with Crippen molar-refractivity contribution in [1.29, 1.82) is 0 Å². The minimum Gasteiger partial charge on any atom is -0.462 e. The summed E-state index contributed by atoms with van der Waals surface area (Å²) in [5.41, 5.74) is 5.39. The lowest BCUT2D eigenvalue weighted by Crippen LogP contribution is -2.29. The summed E-state index contributed by atoms with van der Waals surface area (Å²) in [5.74, 6) is -0.839. The Bertz CT molecular complexity index is 1630. The van der Waals surface area contributed by atoms with Gasteiger partial charge in [0.25, 0.3) is 0 Å². The minimum atomic E-state index is -4.40. The highest BCUT2D eigenvalue weighted by Gasteiger charge is 2.26. The number of phosphoric ester groups is 1. The predicted octanol–water partition coefficient (Wildman–Crippen LogP) is 20.2. The van der Waals surface area contributed by atoms with Gasteiger partial charge < -0.3 is 20.1 Å². The van der Waals surface area contributed by atoms with Crippen LogP contribution in [0, 0.1) is 0 Å². The molecular formula is C67H116NO8P. The fourth-order valence-electron chi connectivity index (χ4n) is 8.53. The first-order valence-corrected chi connectivity index (χ1v) is 32.9. The van der Waals surface area contributed by atoms with Crippen LogP contribution in [0.3, 0.4) is 0 Å². The van der Waals surface area contributed by atoms with E-state index in [4.69, 9.17) is 24.3 Å². The topological polar surface area (TPSA) is 134 Å². The third kappa shape index (κ3) is 61.7. The van der Waals surface area contributed by atoms with Gasteiger partial charge in [0, 0.05) is 19.4 Å². The van der Waals surface area contributed by atoms with E-state index in [2.05, 4.69) is 123 Å². The monoisotopic (exact) mass is 1090 g/mol. The molecule has 2 unspecified atom stereocenters. The third-order valence-electron chi connectivity index (χ3n) is 13.1. The Morgan fingerprint density at radius 2 is 0.714 bits per heavy atom. The lowest BCUT2D eigenvalue weighted by atomic mass is 10.0. The molecule has 0 spiro atoms. The largest absolute Gasteiger partial charge is 0.472 e. The van der Waals surface area contributed by atoms with E-state index >= 15 is 0 Å². The van der Waals surface area contributed by atoms with Crippen LogP contribution in [0.1, 0.15) is 271 Å². The Hall–Kier alpha value is -3.33. The molecule has 0 aliphatic carbocycles. The van der Waals surface area contributed by atoms with E-state index in [0.29, 0.717) is 12.8 Å². The van der Waals surface area contributed by atoms with Gasteiger partial charge in [0.1, 0.15) is 6.61 Å². The Labute approximate surface area is 473 Å². The smallest absolute Gasteiger partial charge is 0.462 e. The number of unbranched alkanes of at least 4 members (excludes halogenated alkanes) is 27. The number of hydrogen-bond acceptors (Lipinski definition) is 8. The molecule has 2 atom stereocenters. The highest BCUT2D eigenvalue weighted by atomic mass is 31.2. The van der Waals surface area contributed by atoms with Crippen molar-refractivity contribution in [3.05, 3.63) is 109 Å². The first kappa shape index (κ1) is 73.7. The lowest BCUT2D eigenvalue weighted by molar-refractivity contribution is -0.161. The summed E-state index contributed by atoms with van der Waals surface area (Å²) in [6.07, 6.45) is 84.4. The maximum atomic E-state index is 12.7. The quantitative estimate of drug-likeness (QED) is 0.0264. The van der Waals surface area contributed by atoms with Crippen molar-refractivity contribution in [3.63, 3.8) is 0 Å². The molecule has 10 heteroatoms. The van der Waals surface area contributed by atoms with Crippen LogP contribution >= 0.6 is 7.82 Å². The first-order valence-electron chi connectivity index (χ1n) is 31.4. The van der Waals surface area contributed by atoms with Crippen LogP contribution in [0.2, 0.25) is 0 Å². The summed E-state index contributed by atoms with van der Waals surface area (Å²) in [7, 11) is -4.40. The molecule has 0 saturated heterocycles. The molecule has 0 saturated carbocycles. The number of esters is 2. The molecule has 3 N–H and O–H groups in total. The molecule has 77 heavy (non-hydrogen) atoms. The summed E-state index contributed by atoms with van der Waals surface area (Å²) < 4.78 is 33.1. The summed E-state index contributed by atoms with van der Waals surface area (Å²) >= 11 is 0. The van der Waals surface area contributed by atoms with Crippen LogP contribution in [-0.2, 0) is 32.7 Å². The molecule has 0 rings (SSSR count). The van der Waals surface area contributed by atoms with Gasteiger partial charge in [-0.25, -0.2) is 4.57 Å². The molecule has 0 aliphatic rings. The van der Waals surface area contributed by atoms with E-state index < -0.39 is 32.5 Å². The van der Waals surface area contributed by atoms with Crippen LogP contribution in [-0.4, -0.2) is 49.3 Å². The fourth-order valence-corrected chi connectivity index (χ4v) is 9.30. The van der Waals surface area contributed by atoms with Crippen molar-refractivity contribution in [2.45, 2.75) is 277 Å². The van der Waals surface area contributed by atoms with E-state index in [1.165, 1.54) is 135 Å². The number of allylic oxidation sites excluding steroid dienone is 18. The van der Waals surface area contributed by atoms with Crippen molar-refractivity contribution in [3.8, 4) is 0 Å². The van der Waals surface area contributed by atoms with Crippen LogP contribution in [0.5, 0.6) is 0 Å². The number of rotatable bonds is 58. The van der Waals surface area contributed by atoms with Gasteiger partial charge in [-0.2, -0.15) is 0 Å². The van der Waals surface area contributed by atoms with E-state index in [9.17, 15) is 19.0 Å². The summed E-state index contributed by atoms with van der Waals surface area (Å²) in [5, 5.41) is 0. The molecule has 0 fully saturated rings. The van der Waals surface area contributed by atoms with Gasteiger partial charge in [-0.15, -0.1) is 0 Å². The second-order valence-electron chi connectivity index (χ2n) is 20.5. The molecular weight excluding hydrogens is 978 g/mol. The average Bonchev–Trinajstić information content (AvgIpc) is 3.42. The van der Waals surface area contributed by atoms with Crippen molar-refractivity contribution >= 4 is 19.8 Å². The zero-order chi connectivity index (χ0) is 55.9. The van der Waals surface area contributed by atoms with E-state index in [1.54, 1.807) is 0 Å². The SMILES string of the molecule is CC/C=C\C/C=C\C/C=C\C/C=C\C/C=C\C/C=C\CCCCCCCCCCCCCCCCCCCCC(=O)OC(COC(=O)CCCCCCCC/C=C\C/C=C\C/C=C\CCCCC)COP(=O)(O)OCCN. The number of phosphoric acid groups is 1. The average molecular weight is 1090 g/mol. The summed E-state index contributed by atoms with van der Waals surface area (Å²) in [6, 6.07) is 0. The summed E-state index contributed by atoms with van der Waals surface area (Å²) in [4.78, 5) is 35.2. The van der Waals surface area contributed by atoms with Gasteiger partial charge in [0.15, 0.2) is 6.10 Å². The van der Waals surface area contributed by atoms with Crippen LogP contribution < -0.4 is 5.73 Å². The maximum absolute atomic E-state index is 12.7. The van der Waals surface area contributed by atoms with Gasteiger partial charge in [0.2, 0.25) is 0 Å². The Kier molecular flexibility index (Phi) is 59.2.